The van der Waals surface area contributed by atoms with Crippen molar-refractivity contribution in [2.24, 2.45) is 5.92 Å². The highest BCUT2D eigenvalue weighted by molar-refractivity contribution is 6.02. The number of aromatic nitrogens is 3. The molecule has 0 spiro atoms. The van der Waals surface area contributed by atoms with Gasteiger partial charge in [0.05, 0.1) is 30.8 Å². The maximum Gasteiger partial charge on any atom is 0.223 e. The third-order valence-corrected chi connectivity index (χ3v) is 5.61. The number of ketones is 1. The van der Waals surface area contributed by atoms with Gasteiger partial charge in [0, 0.05) is 37.9 Å². The minimum atomic E-state index is -0.293. The molecule has 1 aromatic carbocycles. The summed E-state index contributed by atoms with van der Waals surface area (Å²) in [7, 11) is 1.60. The molecule has 3 aromatic rings. The first kappa shape index (κ1) is 20.6. The molecule has 2 aromatic heterocycles. The van der Waals surface area contributed by atoms with Gasteiger partial charge in [-0.25, -0.2) is 4.68 Å². The Morgan fingerprint density at radius 3 is 2.77 bits per heavy atom. The number of carbonyl (C=O) groups excluding carboxylic acids is 2. The lowest BCUT2D eigenvalue weighted by Gasteiger charge is -2.32. The van der Waals surface area contributed by atoms with Gasteiger partial charge in [0.25, 0.3) is 0 Å². The zero-order chi connectivity index (χ0) is 21.8. The van der Waals surface area contributed by atoms with Crippen molar-refractivity contribution in [3.05, 3.63) is 54.0 Å². The molecule has 9 heteroatoms. The number of rotatable bonds is 7. The van der Waals surface area contributed by atoms with Crippen LogP contribution in [0.25, 0.3) is 5.69 Å². The summed E-state index contributed by atoms with van der Waals surface area (Å²) in [5.74, 6) is 1.33. The Morgan fingerprint density at radius 1 is 1.26 bits per heavy atom. The van der Waals surface area contributed by atoms with E-state index in [2.05, 4.69) is 10.3 Å². The molecule has 1 amide bonds. The van der Waals surface area contributed by atoms with E-state index in [0.29, 0.717) is 43.1 Å². The fraction of sp³-hybridized carbons (Fsp3) is 0.364. The van der Waals surface area contributed by atoms with E-state index >= 15 is 0 Å². The van der Waals surface area contributed by atoms with Crippen LogP contribution in [0.5, 0.6) is 5.75 Å². The van der Waals surface area contributed by atoms with E-state index in [1.54, 1.807) is 36.4 Å². The maximum absolute atomic E-state index is 13.2. The molecule has 162 valence electrons. The standard InChI is InChI=1S/C22H25N5O4/c1-30-17-6-4-16(5-7-17)27-22(23)19(13-24-27)21(29)15-3-2-12-26(14-15)20(28)9-8-18-10-11-25-31-18/h4-7,10-11,13,15H,2-3,8-9,12,14,23H2,1H3/t15-/m1/s1. The molecule has 9 nitrogen and oxygen atoms in total. The van der Waals surface area contributed by atoms with Gasteiger partial charge in [-0.2, -0.15) is 5.10 Å². The number of ether oxygens (including phenoxy) is 1. The number of piperidine rings is 1. The number of benzene rings is 1. The van der Waals surface area contributed by atoms with Crippen molar-refractivity contribution in [1.29, 1.82) is 0 Å². The van der Waals surface area contributed by atoms with Crippen LogP contribution in [-0.2, 0) is 11.2 Å². The number of anilines is 1. The van der Waals surface area contributed by atoms with Gasteiger partial charge in [-0.1, -0.05) is 5.16 Å². The number of nitrogens with two attached hydrogens (primary N) is 1. The first-order chi connectivity index (χ1) is 15.1. The summed E-state index contributed by atoms with van der Waals surface area (Å²) < 4.78 is 11.8. The second-order valence-corrected chi connectivity index (χ2v) is 7.58. The number of hydrogen-bond acceptors (Lipinski definition) is 7. The third kappa shape index (κ3) is 4.45. The smallest absolute Gasteiger partial charge is 0.223 e. The van der Waals surface area contributed by atoms with Gasteiger partial charge in [0.1, 0.15) is 17.3 Å². The lowest BCUT2D eigenvalue weighted by Crippen LogP contribution is -2.42. The van der Waals surface area contributed by atoms with Crippen molar-refractivity contribution in [1.82, 2.24) is 19.8 Å². The Hall–Kier alpha value is -3.62. The molecule has 0 bridgehead atoms. The minimum absolute atomic E-state index is 0.01000. The van der Waals surface area contributed by atoms with Gasteiger partial charge in [-0.3, -0.25) is 9.59 Å². The van der Waals surface area contributed by atoms with Crippen molar-refractivity contribution >= 4 is 17.5 Å². The highest BCUT2D eigenvalue weighted by Gasteiger charge is 2.31. The van der Waals surface area contributed by atoms with Crippen LogP contribution in [0.3, 0.4) is 0 Å². The molecule has 4 rings (SSSR count). The summed E-state index contributed by atoms with van der Waals surface area (Å²) in [6.07, 6.45) is 5.39. The van der Waals surface area contributed by atoms with E-state index in [9.17, 15) is 9.59 Å². The SMILES string of the molecule is COc1ccc(-n2ncc(C(=O)[C@@H]3CCCN(C(=O)CCc4ccno4)C3)c2N)cc1. The fourth-order valence-electron chi connectivity index (χ4n) is 3.87. The number of amides is 1. The molecule has 0 saturated carbocycles. The van der Waals surface area contributed by atoms with Gasteiger partial charge in [0.15, 0.2) is 5.78 Å². The second kappa shape index (κ2) is 9.03. The van der Waals surface area contributed by atoms with Gasteiger partial charge < -0.3 is 19.9 Å². The van der Waals surface area contributed by atoms with Crippen LogP contribution < -0.4 is 10.5 Å². The monoisotopic (exact) mass is 423 g/mol. The number of nitrogens with zero attached hydrogens (tertiary/aromatic N) is 4. The molecule has 1 aliphatic heterocycles. The summed E-state index contributed by atoms with van der Waals surface area (Å²) in [6.45, 7) is 1.04. The number of Topliss-reactive ketones (excluding diaryl/α,β-unsaturated/α-hetero) is 1. The van der Waals surface area contributed by atoms with Crippen molar-refractivity contribution in [2.45, 2.75) is 25.7 Å². The molecule has 2 N–H and O–H groups in total. The maximum atomic E-state index is 13.2. The fourth-order valence-corrected chi connectivity index (χ4v) is 3.87. The van der Waals surface area contributed by atoms with Crippen molar-refractivity contribution in [3.8, 4) is 11.4 Å². The average Bonchev–Trinajstić information content (AvgIpc) is 3.47. The molecule has 31 heavy (non-hydrogen) atoms. The van der Waals surface area contributed by atoms with Crippen LogP contribution in [0.2, 0.25) is 0 Å². The predicted molar refractivity (Wildman–Crippen MR) is 113 cm³/mol. The Labute approximate surface area is 179 Å². The molecule has 1 saturated heterocycles. The van der Waals surface area contributed by atoms with E-state index in [0.717, 1.165) is 24.3 Å². The first-order valence-corrected chi connectivity index (χ1v) is 10.3. The van der Waals surface area contributed by atoms with Crippen LogP contribution in [-0.4, -0.2) is 51.7 Å². The minimum Gasteiger partial charge on any atom is -0.497 e. The van der Waals surface area contributed by atoms with Crippen LogP contribution in [0.1, 0.15) is 35.4 Å². The Morgan fingerprint density at radius 2 is 2.06 bits per heavy atom. The molecule has 3 heterocycles. The molecule has 0 radical (unpaired) electrons. The Kier molecular flexibility index (Phi) is 6.01. The Bertz CT molecular complexity index is 1040. The zero-order valence-corrected chi connectivity index (χ0v) is 17.4. The van der Waals surface area contributed by atoms with Gasteiger partial charge in [-0.15, -0.1) is 0 Å². The second-order valence-electron chi connectivity index (χ2n) is 7.58. The number of carbonyl (C=O) groups is 2. The van der Waals surface area contributed by atoms with Crippen LogP contribution in [0.4, 0.5) is 5.82 Å². The van der Waals surface area contributed by atoms with E-state index in [-0.39, 0.29) is 17.6 Å². The predicted octanol–water partition coefficient (Wildman–Crippen LogP) is 2.51. The molecule has 1 aliphatic rings. The molecular weight excluding hydrogens is 398 g/mol. The van der Waals surface area contributed by atoms with E-state index in [1.165, 1.54) is 10.9 Å². The van der Waals surface area contributed by atoms with E-state index in [1.807, 2.05) is 12.1 Å². The summed E-state index contributed by atoms with van der Waals surface area (Å²) in [4.78, 5) is 27.5. The number of methoxy groups -OCH3 is 1. The topological polar surface area (TPSA) is 116 Å². The van der Waals surface area contributed by atoms with E-state index in [4.69, 9.17) is 15.0 Å². The zero-order valence-electron chi connectivity index (χ0n) is 17.4. The molecule has 0 unspecified atom stereocenters. The lowest BCUT2D eigenvalue weighted by molar-refractivity contribution is -0.132. The normalized spacial score (nSPS) is 16.3. The van der Waals surface area contributed by atoms with Crippen molar-refractivity contribution in [2.75, 3.05) is 25.9 Å². The van der Waals surface area contributed by atoms with E-state index < -0.39 is 0 Å². The molecule has 1 atom stereocenters. The van der Waals surface area contributed by atoms with Crippen molar-refractivity contribution < 1.29 is 18.8 Å². The number of aryl methyl sites for hydroxylation is 1. The van der Waals surface area contributed by atoms with Gasteiger partial charge >= 0.3 is 0 Å². The molecule has 1 fully saturated rings. The van der Waals surface area contributed by atoms with Gasteiger partial charge in [-0.05, 0) is 37.1 Å². The van der Waals surface area contributed by atoms with Crippen LogP contribution in [0.15, 0.2) is 47.2 Å². The summed E-state index contributed by atoms with van der Waals surface area (Å²) in [6, 6.07) is 9.01. The molecule has 0 aliphatic carbocycles. The highest BCUT2D eigenvalue weighted by Crippen LogP contribution is 2.26. The Balaban J connectivity index is 1.42. The molecular formula is C22H25N5O4. The first-order valence-electron chi connectivity index (χ1n) is 10.3. The highest BCUT2D eigenvalue weighted by atomic mass is 16.5. The van der Waals surface area contributed by atoms with Crippen LogP contribution >= 0.6 is 0 Å². The number of hydrogen-bond donors (Lipinski definition) is 1. The summed E-state index contributed by atoms with van der Waals surface area (Å²) >= 11 is 0. The summed E-state index contributed by atoms with van der Waals surface area (Å²) in [5, 5.41) is 7.95. The van der Waals surface area contributed by atoms with Crippen LogP contribution in [0, 0.1) is 5.92 Å². The third-order valence-electron chi connectivity index (χ3n) is 5.61. The average molecular weight is 423 g/mol. The van der Waals surface area contributed by atoms with Gasteiger partial charge in [0.2, 0.25) is 5.91 Å². The number of nitrogen functional groups attached to an aromatic ring is 1. The lowest BCUT2D eigenvalue weighted by atomic mass is 9.90. The quantitative estimate of drug-likeness (QED) is 0.580. The summed E-state index contributed by atoms with van der Waals surface area (Å²) in [5.41, 5.74) is 7.39. The van der Waals surface area contributed by atoms with Crippen molar-refractivity contribution in [3.63, 3.8) is 0 Å². The number of likely N-dealkylation sites (tertiary alicyclic amines) is 1. The largest absolute Gasteiger partial charge is 0.497 e.